The van der Waals surface area contributed by atoms with E-state index >= 15 is 0 Å². The van der Waals surface area contributed by atoms with E-state index in [0.717, 1.165) is 24.4 Å². The minimum Gasteiger partial charge on any atom is -0.497 e. The number of morpholine rings is 1. The molecule has 128 valence electrons. The summed E-state index contributed by atoms with van der Waals surface area (Å²) in [6.45, 7) is 2.28. The maximum atomic E-state index is 6.30. The number of methoxy groups -OCH3 is 2. The highest BCUT2D eigenvalue weighted by Gasteiger charge is 2.28. The lowest BCUT2D eigenvalue weighted by molar-refractivity contribution is -0.0438. The number of ether oxygens (including phenoxy) is 4. The zero-order valence-corrected chi connectivity index (χ0v) is 14.0. The van der Waals surface area contributed by atoms with Crippen LogP contribution in [0, 0.1) is 0 Å². The highest BCUT2D eigenvalue weighted by Crippen LogP contribution is 2.33. The highest BCUT2D eigenvalue weighted by molar-refractivity contribution is 5.40. The van der Waals surface area contributed by atoms with Crippen molar-refractivity contribution in [3.8, 4) is 17.2 Å². The molecule has 0 spiro atoms. The second kappa shape index (κ2) is 8.04. The molecule has 24 heavy (non-hydrogen) atoms. The predicted molar refractivity (Wildman–Crippen MR) is 92.0 cm³/mol. The number of hydrogen-bond acceptors (Lipinski definition) is 5. The molecule has 0 bridgehead atoms. The SMILES string of the molecule is COc1ccc(C(Oc2ccccc2OC)C2CNCCO2)cc1. The zero-order chi connectivity index (χ0) is 16.8. The Balaban J connectivity index is 1.88. The zero-order valence-electron chi connectivity index (χ0n) is 14.0. The monoisotopic (exact) mass is 329 g/mol. The van der Waals surface area contributed by atoms with E-state index in [2.05, 4.69) is 5.32 Å². The lowest BCUT2D eigenvalue weighted by atomic mass is 10.0. The Labute approximate surface area is 142 Å². The van der Waals surface area contributed by atoms with Gasteiger partial charge < -0.3 is 24.3 Å². The van der Waals surface area contributed by atoms with E-state index in [1.165, 1.54) is 0 Å². The fourth-order valence-electron chi connectivity index (χ4n) is 2.79. The van der Waals surface area contributed by atoms with Crippen LogP contribution in [0.4, 0.5) is 0 Å². The molecule has 1 N–H and O–H groups in total. The van der Waals surface area contributed by atoms with Gasteiger partial charge in [-0.2, -0.15) is 0 Å². The fraction of sp³-hybridized carbons (Fsp3) is 0.368. The van der Waals surface area contributed by atoms with E-state index in [4.69, 9.17) is 18.9 Å². The Morgan fingerprint density at radius 3 is 2.38 bits per heavy atom. The summed E-state index contributed by atoms with van der Waals surface area (Å²) in [7, 11) is 3.30. The first-order valence-corrected chi connectivity index (χ1v) is 8.08. The summed E-state index contributed by atoms with van der Waals surface area (Å²) in [5, 5.41) is 3.36. The molecular weight excluding hydrogens is 306 g/mol. The lowest BCUT2D eigenvalue weighted by Crippen LogP contribution is -2.43. The molecule has 2 aromatic rings. The molecule has 2 atom stereocenters. The summed E-state index contributed by atoms with van der Waals surface area (Å²) in [6.07, 6.45) is -0.308. The number of rotatable bonds is 6. The second-order valence-corrected chi connectivity index (χ2v) is 5.58. The van der Waals surface area contributed by atoms with Crippen molar-refractivity contribution in [1.82, 2.24) is 5.32 Å². The van der Waals surface area contributed by atoms with E-state index in [1.807, 2.05) is 48.5 Å². The van der Waals surface area contributed by atoms with Crippen molar-refractivity contribution in [3.63, 3.8) is 0 Å². The summed E-state index contributed by atoms with van der Waals surface area (Å²) in [6, 6.07) is 15.5. The van der Waals surface area contributed by atoms with Gasteiger partial charge in [0.05, 0.1) is 20.8 Å². The van der Waals surface area contributed by atoms with Gasteiger partial charge in [0.15, 0.2) is 17.6 Å². The first-order chi connectivity index (χ1) is 11.8. The van der Waals surface area contributed by atoms with E-state index in [1.54, 1.807) is 14.2 Å². The van der Waals surface area contributed by atoms with E-state index in [0.29, 0.717) is 18.1 Å². The van der Waals surface area contributed by atoms with Gasteiger partial charge in [-0.05, 0) is 29.8 Å². The molecule has 2 unspecified atom stereocenters. The van der Waals surface area contributed by atoms with Crippen molar-refractivity contribution in [2.24, 2.45) is 0 Å². The number of nitrogens with one attached hydrogen (secondary N) is 1. The Bertz CT molecular complexity index is 638. The van der Waals surface area contributed by atoms with Gasteiger partial charge in [-0.25, -0.2) is 0 Å². The number of hydrogen-bond donors (Lipinski definition) is 1. The summed E-state index contributed by atoms with van der Waals surface area (Å²) < 4.78 is 22.9. The molecule has 0 aliphatic carbocycles. The minimum absolute atomic E-state index is 0.0722. The summed E-state index contributed by atoms with van der Waals surface area (Å²) in [5.41, 5.74) is 1.04. The maximum absolute atomic E-state index is 6.30. The van der Waals surface area contributed by atoms with Crippen LogP contribution in [0.2, 0.25) is 0 Å². The maximum Gasteiger partial charge on any atom is 0.162 e. The van der Waals surface area contributed by atoms with Crippen LogP contribution in [-0.4, -0.2) is 40.0 Å². The smallest absolute Gasteiger partial charge is 0.162 e. The predicted octanol–water partition coefficient (Wildman–Crippen LogP) is 2.81. The lowest BCUT2D eigenvalue weighted by Gasteiger charge is -2.32. The Morgan fingerprint density at radius 1 is 1.00 bits per heavy atom. The van der Waals surface area contributed by atoms with Crippen LogP contribution in [0.3, 0.4) is 0 Å². The van der Waals surface area contributed by atoms with Crippen LogP contribution in [0.25, 0.3) is 0 Å². The first-order valence-electron chi connectivity index (χ1n) is 8.08. The van der Waals surface area contributed by atoms with Crippen LogP contribution < -0.4 is 19.5 Å². The van der Waals surface area contributed by atoms with Gasteiger partial charge in [-0.1, -0.05) is 24.3 Å². The average Bonchev–Trinajstić information content (AvgIpc) is 2.67. The van der Waals surface area contributed by atoms with Gasteiger partial charge in [0, 0.05) is 13.1 Å². The Morgan fingerprint density at radius 2 is 1.75 bits per heavy atom. The van der Waals surface area contributed by atoms with Gasteiger partial charge >= 0.3 is 0 Å². The normalized spacial score (nSPS) is 18.7. The standard InChI is InChI=1S/C19H23NO4/c1-21-15-9-7-14(8-10-15)19(18-13-20-11-12-23-18)24-17-6-4-3-5-16(17)22-2/h3-10,18-20H,11-13H2,1-2H3. The van der Waals surface area contributed by atoms with Crippen LogP contribution >= 0.6 is 0 Å². The van der Waals surface area contributed by atoms with Gasteiger partial charge in [0.1, 0.15) is 11.9 Å². The molecule has 0 saturated carbocycles. The van der Waals surface area contributed by atoms with Crippen LogP contribution in [0.1, 0.15) is 11.7 Å². The third kappa shape index (κ3) is 3.80. The van der Waals surface area contributed by atoms with Crippen molar-refractivity contribution in [1.29, 1.82) is 0 Å². The van der Waals surface area contributed by atoms with Crippen LogP contribution in [-0.2, 0) is 4.74 Å². The topological polar surface area (TPSA) is 49.0 Å². The van der Waals surface area contributed by atoms with Gasteiger partial charge in [0.2, 0.25) is 0 Å². The molecule has 0 aromatic heterocycles. The van der Waals surface area contributed by atoms with E-state index in [-0.39, 0.29) is 12.2 Å². The molecule has 1 saturated heterocycles. The molecule has 1 aliphatic heterocycles. The second-order valence-electron chi connectivity index (χ2n) is 5.58. The van der Waals surface area contributed by atoms with Gasteiger partial charge in [-0.3, -0.25) is 0 Å². The molecular formula is C19H23NO4. The summed E-state index contributed by atoms with van der Waals surface area (Å²) >= 11 is 0. The quantitative estimate of drug-likeness (QED) is 0.883. The molecule has 5 heteroatoms. The number of benzene rings is 2. The highest BCUT2D eigenvalue weighted by atomic mass is 16.6. The molecule has 3 rings (SSSR count). The minimum atomic E-state index is -0.236. The molecule has 0 radical (unpaired) electrons. The third-order valence-electron chi connectivity index (χ3n) is 4.06. The molecule has 1 fully saturated rings. The molecule has 2 aromatic carbocycles. The van der Waals surface area contributed by atoms with Crippen molar-refractivity contribution in [2.75, 3.05) is 33.9 Å². The van der Waals surface area contributed by atoms with Gasteiger partial charge in [0.25, 0.3) is 0 Å². The molecule has 1 aliphatic rings. The van der Waals surface area contributed by atoms with Crippen LogP contribution in [0.15, 0.2) is 48.5 Å². The molecule has 5 nitrogen and oxygen atoms in total. The van der Waals surface area contributed by atoms with Crippen molar-refractivity contribution in [3.05, 3.63) is 54.1 Å². The van der Waals surface area contributed by atoms with E-state index < -0.39 is 0 Å². The van der Waals surface area contributed by atoms with Crippen molar-refractivity contribution in [2.45, 2.75) is 12.2 Å². The van der Waals surface area contributed by atoms with Gasteiger partial charge in [-0.15, -0.1) is 0 Å². The van der Waals surface area contributed by atoms with Crippen molar-refractivity contribution < 1.29 is 18.9 Å². The first kappa shape index (κ1) is 16.6. The average molecular weight is 329 g/mol. The van der Waals surface area contributed by atoms with E-state index in [9.17, 15) is 0 Å². The molecule has 1 heterocycles. The van der Waals surface area contributed by atoms with Crippen molar-refractivity contribution >= 4 is 0 Å². The number of para-hydroxylation sites is 2. The Kier molecular flexibility index (Phi) is 5.56. The van der Waals surface area contributed by atoms with Crippen LogP contribution in [0.5, 0.6) is 17.2 Å². The molecule has 0 amide bonds. The largest absolute Gasteiger partial charge is 0.497 e. The third-order valence-corrected chi connectivity index (χ3v) is 4.06. The fourth-order valence-corrected chi connectivity index (χ4v) is 2.79. The summed E-state index contributed by atoms with van der Waals surface area (Å²) in [5.74, 6) is 2.23. The summed E-state index contributed by atoms with van der Waals surface area (Å²) in [4.78, 5) is 0. The Hall–Kier alpha value is -2.24.